The summed E-state index contributed by atoms with van der Waals surface area (Å²) < 4.78 is 18.0. The predicted molar refractivity (Wildman–Crippen MR) is 133 cm³/mol. The minimum atomic E-state index is -1.21. The van der Waals surface area contributed by atoms with E-state index in [1.807, 2.05) is 24.3 Å². The van der Waals surface area contributed by atoms with Gasteiger partial charge in [0, 0.05) is 17.8 Å². The standard InChI is InChI=1S/C25H23BrN2O6S/c26-21-13-35-23(27-21)25(34-12-22(29)30)14-28(9-10-32-15-25)24(31)33-11-20-18-7-3-1-5-16(18)17-6-2-4-8-19(17)20/h1-8,13,20H,9-12,14-15H2,(H,29,30). The Morgan fingerprint density at radius 3 is 2.49 bits per heavy atom. The van der Waals surface area contributed by atoms with Crippen LogP contribution >= 0.6 is 27.3 Å². The molecule has 0 saturated carbocycles. The van der Waals surface area contributed by atoms with Crippen LogP contribution in [0.2, 0.25) is 0 Å². The molecule has 1 N–H and O–H groups in total. The number of carboxylic acid groups (broad SMARTS) is 1. The number of carbonyl (C=O) groups is 2. The number of aliphatic carboxylic acids is 1. The number of amides is 1. The van der Waals surface area contributed by atoms with Gasteiger partial charge in [0.2, 0.25) is 0 Å². The molecule has 2 aliphatic rings. The zero-order valence-electron chi connectivity index (χ0n) is 18.7. The van der Waals surface area contributed by atoms with Crippen molar-refractivity contribution in [3.63, 3.8) is 0 Å². The molecule has 1 aromatic heterocycles. The van der Waals surface area contributed by atoms with E-state index >= 15 is 0 Å². The average molecular weight is 559 g/mol. The van der Waals surface area contributed by atoms with Gasteiger partial charge in [0.05, 0.1) is 19.8 Å². The molecule has 2 heterocycles. The van der Waals surface area contributed by atoms with Crippen LogP contribution in [-0.2, 0) is 24.6 Å². The molecule has 35 heavy (non-hydrogen) atoms. The Morgan fingerprint density at radius 2 is 1.86 bits per heavy atom. The lowest BCUT2D eigenvalue weighted by molar-refractivity contribution is -0.155. The number of fused-ring (bicyclic) bond motifs is 3. The van der Waals surface area contributed by atoms with E-state index in [0.29, 0.717) is 16.2 Å². The largest absolute Gasteiger partial charge is 0.480 e. The first kappa shape index (κ1) is 23.9. The lowest BCUT2D eigenvalue weighted by Gasteiger charge is -2.33. The Morgan fingerprint density at radius 1 is 1.17 bits per heavy atom. The monoisotopic (exact) mass is 558 g/mol. The van der Waals surface area contributed by atoms with Crippen molar-refractivity contribution in [3.05, 3.63) is 74.6 Å². The van der Waals surface area contributed by atoms with E-state index in [-0.39, 0.29) is 32.3 Å². The van der Waals surface area contributed by atoms with Crippen LogP contribution < -0.4 is 0 Å². The van der Waals surface area contributed by atoms with Crippen LogP contribution in [-0.4, -0.2) is 66.6 Å². The van der Waals surface area contributed by atoms with Crippen LogP contribution in [0.25, 0.3) is 11.1 Å². The van der Waals surface area contributed by atoms with Crippen molar-refractivity contribution in [2.45, 2.75) is 11.5 Å². The number of nitrogens with zero attached hydrogens (tertiary/aromatic N) is 2. The van der Waals surface area contributed by atoms with Gasteiger partial charge in [-0.1, -0.05) is 48.5 Å². The second-order valence-corrected chi connectivity index (χ2v) is 10.1. The van der Waals surface area contributed by atoms with E-state index < -0.39 is 24.3 Å². The Kier molecular flexibility index (Phi) is 6.88. The highest BCUT2D eigenvalue weighted by Gasteiger charge is 2.43. The van der Waals surface area contributed by atoms with E-state index in [2.05, 4.69) is 45.2 Å². The third-order valence-electron chi connectivity index (χ3n) is 6.22. The molecule has 0 radical (unpaired) electrons. The molecule has 0 bridgehead atoms. The van der Waals surface area contributed by atoms with Crippen molar-refractivity contribution in [1.29, 1.82) is 0 Å². The number of carboxylic acids is 1. The molecular formula is C25H23BrN2O6S. The molecule has 1 fully saturated rings. The number of benzene rings is 2. The fourth-order valence-corrected chi connectivity index (χ4v) is 6.01. The summed E-state index contributed by atoms with van der Waals surface area (Å²) in [6, 6.07) is 16.3. The van der Waals surface area contributed by atoms with Crippen LogP contribution in [0.15, 0.2) is 58.5 Å². The molecule has 10 heteroatoms. The molecule has 0 spiro atoms. The van der Waals surface area contributed by atoms with Crippen LogP contribution in [0.5, 0.6) is 0 Å². The van der Waals surface area contributed by atoms with Crippen LogP contribution in [0.4, 0.5) is 4.79 Å². The second-order valence-electron chi connectivity index (χ2n) is 8.43. The van der Waals surface area contributed by atoms with Crippen LogP contribution in [0.1, 0.15) is 22.1 Å². The first-order chi connectivity index (χ1) is 17.0. The first-order valence-electron chi connectivity index (χ1n) is 11.1. The molecule has 1 unspecified atom stereocenters. The first-order valence-corrected chi connectivity index (χ1v) is 12.8. The molecule has 3 aromatic rings. The Bertz CT molecular complexity index is 1200. The van der Waals surface area contributed by atoms with E-state index in [1.165, 1.54) is 16.2 Å². The van der Waals surface area contributed by atoms with Gasteiger partial charge in [0.15, 0.2) is 5.60 Å². The molecule has 1 aliphatic heterocycles. The number of hydrogen-bond donors (Lipinski definition) is 1. The van der Waals surface area contributed by atoms with Crippen molar-refractivity contribution in [3.8, 4) is 11.1 Å². The molecule has 1 saturated heterocycles. The highest BCUT2D eigenvalue weighted by Crippen LogP contribution is 2.44. The molecule has 1 atom stereocenters. The number of halogens is 1. The van der Waals surface area contributed by atoms with Gasteiger partial charge < -0.3 is 24.2 Å². The van der Waals surface area contributed by atoms with E-state index in [1.54, 1.807) is 5.38 Å². The highest BCUT2D eigenvalue weighted by atomic mass is 79.9. The minimum Gasteiger partial charge on any atom is -0.480 e. The van der Waals surface area contributed by atoms with Crippen molar-refractivity contribution in [1.82, 2.24) is 9.88 Å². The number of hydrogen-bond acceptors (Lipinski definition) is 7. The molecule has 182 valence electrons. The highest BCUT2D eigenvalue weighted by molar-refractivity contribution is 9.10. The summed E-state index contributed by atoms with van der Waals surface area (Å²) in [5.74, 6) is -1.17. The van der Waals surface area contributed by atoms with Gasteiger partial charge in [-0.05, 0) is 38.2 Å². The summed E-state index contributed by atoms with van der Waals surface area (Å²) in [4.78, 5) is 30.5. The number of ether oxygens (including phenoxy) is 3. The quantitative estimate of drug-likeness (QED) is 0.476. The maximum Gasteiger partial charge on any atom is 0.409 e. The van der Waals surface area contributed by atoms with Crippen molar-refractivity contribution >= 4 is 39.3 Å². The van der Waals surface area contributed by atoms with Gasteiger partial charge in [-0.2, -0.15) is 0 Å². The van der Waals surface area contributed by atoms with Gasteiger partial charge >= 0.3 is 12.1 Å². The molecule has 2 aromatic carbocycles. The third-order valence-corrected chi connectivity index (χ3v) is 7.96. The lowest BCUT2D eigenvalue weighted by Crippen LogP contribution is -2.47. The zero-order chi connectivity index (χ0) is 24.4. The van der Waals surface area contributed by atoms with Gasteiger partial charge in [0.25, 0.3) is 0 Å². The summed E-state index contributed by atoms with van der Waals surface area (Å²) >= 11 is 4.65. The normalized spacial score (nSPS) is 19.6. The van der Waals surface area contributed by atoms with E-state index in [0.717, 1.165) is 22.3 Å². The van der Waals surface area contributed by atoms with Crippen LogP contribution in [0, 0.1) is 0 Å². The summed E-state index contributed by atoms with van der Waals surface area (Å²) in [5, 5.41) is 11.5. The topological polar surface area (TPSA) is 98.2 Å². The Hall–Kier alpha value is -2.79. The number of thiazole rings is 1. The van der Waals surface area contributed by atoms with Gasteiger partial charge in [-0.3, -0.25) is 0 Å². The fourth-order valence-electron chi connectivity index (χ4n) is 4.63. The Balaban J connectivity index is 1.35. The van der Waals surface area contributed by atoms with E-state index in [4.69, 9.17) is 14.2 Å². The summed E-state index contributed by atoms with van der Waals surface area (Å²) in [6.07, 6.45) is -0.503. The zero-order valence-corrected chi connectivity index (χ0v) is 21.1. The maximum atomic E-state index is 13.2. The van der Waals surface area contributed by atoms with E-state index in [9.17, 15) is 14.7 Å². The number of rotatable bonds is 6. The average Bonchev–Trinajstić information content (AvgIpc) is 3.36. The van der Waals surface area contributed by atoms with Gasteiger partial charge in [0.1, 0.15) is 22.8 Å². The second kappa shape index (κ2) is 10.1. The summed E-state index contributed by atoms with van der Waals surface area (Å²) in [6.45, 7) is 0.357. The molecule has 1 aliphatic carbocycles. The third kappa shape index (κ3) is 4.84. The lowest BCUT2D eigenvalue weighted by atomic mass is 9.98. The summed E-state index contributed by atoms with van der Waals surface area (Å²) in [5.41, 5.74) is 3.36. The molecule has 8 nitrogen and oxygen atoms in total. The maximum absolute atomic E-state index is 13.2. The van der Waals surface area contributed by atoms with Gasteiger partial charge in [-0.25, -0.2) is 14.6 Å². The van der Waals surface area contributed by atoms with Crippen LogP contribution in [0.3, 0.4) is 0 Å². The molecule has 5 rings (SSSR count). The van der Waals surface area contributed by atoms with Crippen molar-refractivity contribution < 1.29 is 28.9 Å². The molecular weight excluding hydrogens is 536 g/mol. The SMILES string of the molecule is O=C(O)COC1(c2nc(Br)cs2)COCCN(C(=O)OCC2c3ccccc3-c3ccccc32)C1. The number of carbonyl (C=O) groups excluding carboxylic acids is 1. The fraction of sp³-hybridized carbons (Fsp3) is 0.320. The summed E-state index contributed by atoms with van der Waals surface area (Å²) in [7, 11) is 0. The minimum absolute atomic E-state index is 0.0579. The van der Waals surface area contributed by atoms with Crippen molar-refractivity contribution in [2.24, 2.45) is 0 Å². The number of aromatic nitrogens is 1. The Labute approximate surface area is 214 Å². The predicted octanol–water partition coefficient (Wildman–Crippen LogP) is 4.48. The molecule has 1 amide bonds. The smallest absolute Gasteiger partial charge is 0.409 e. The van der Waals surface area contributed by atoms with Gasteiger partial charge in [-0.15, -0.1) is 11.3 Å². The van der Waals surface area contributed by atoms with Crippen molar-refractivity contribution in [2.75, 3.05) is 39.5 Å².